The second-order valence-electron chi connectivity index (χ2n) is 13.0. The summed E-state index contributed by atoms with van der Waals surface area (Å²) in [6, 6.07) is 63.8. The van der Waals surface area contributed by atoms with Gasteiger partial charge < -0.3 is 4.42 Å². The number of hydrogen-bond acceptors (Lipinski definition) is 3. The van der Waals surface area contributed by atoms with Crippen LogP contribution in [0.1, 0.15) is 0 Å². The molecule has 2 heterocycles. The lowest BCUT2D eigenvalue weighted by molar-refractivity contribution is 0.631. The summed E-state index contributed by atoms with van der Waals surface area (Å²) in [6.07, 6.45) is 0. The lowest BCUT2D eigenvalue weighted by Crippen LogP contribution is -1.98. The van der Waals surface area contributed by atoms with E-state index in [1.807, 2.05) is 18.2 Å². The smallest absolute Gasteiger partial charge is 0.161 e. The molecule has 0 aliphatic carbocycles. The third-order valence-corrected chi connectivity index (χ3v) is 9.88. The van der Waals surface area contributed by atoms with Crippen molar-refractivity contribution in [3.8, 4) is 56.4 Å². The zero-order valence-corrected chi connectivity index (χ0v) is 27.6. The fourth-order valence-corrected chi connectivity index (χ4v) is 7.44. The molecule has 0 aliphatic heterocycles. The third kappa shape index (κ3) is 5.06. The van der Waals surface area contributed by atoms with Crippen LogP contribution in [0.25, 0.3) is 99.6 Å². The van der Waals surface area contributed by atoms with E-state index in [-0.39, 0.29) is 0 Å². The first-order valence-electron chi connectivity index (χ1n) is 17.2. The van der Waals surface area contributed by atoms with Crippen molar-refractivity contribution in [3.05, 3.63) is 182 Å². The van der Waals surface area contributed by atoms with Crippen molar-refractivity contribution < 1.29 is 4.42 Å². The summed E-state index contributed by atoms with van der Waals surface area (Å²) in [5, 5.41) is 8.10. The van der Waals surface area contributed by atoms with Gasteiger partial charge in [-0.3, -0.25) is 0 Å². The van der Waals surface area contributed by atoms with Crippen LogP contribution in [0.5, 0.6) is 0 Å². The molecular weight excluding hydrogens is 621 g/mol. The fraction of sp³-hybridized carbons (Fsp3) is 0. The van der Waals surface area contributed by atoms with E-state index >= 15 is 0 Å². The molecule has 10 aromatic rings. The molecule has 51 heavy (non-hydrogen) atoms. The summed E-state index contributed by atoms with van der Waals surface area (Å²) in [6.45, 7) is 0. The Balaban J connectivity index is 1.26. The zero-order chi connectivity index (χ0) is 33.7. The van der Waals surface area contributed by atoms with E-state index in [0.29, 0.717) is 5.82 Å². The Kier molecular flexibility index (Phi) is 6.81. The minimum Gasteiger partial charge on any atom is -0.456 e. The van der Waals surface area contributed by atoms with Gasteiger partial charge in [-0.1, -0.05) is 152 Å². The van der Waals surface area contributed by atoms with Gasteiger partial charge in [0.25, 0.3) is 0 Å². The maximum absolute atomic E-state index is 6.29. The molecule has 0 aliphatic rings. The Bertz CT molecular complexity index is 2890. The Labute approximate surface area is 295 Å². The molecule has 0 saturated heterocycles. The molecule has 0 unspecified atom stereocenters. The number of nitrogens with zero attached hydrogens (tertiary/aromatic N) is 2. The number of benzene rings is 8. The molecule has 8 aromatic carbocycles. The molecule has 238 valence electrons. The van der Waals surface area contributed by atoms with E-state index in [9.17, 15) is 0 Å². The lowest BCUT2D eigenvalue weighted by Gasteiger charge is -2.16. The van der Waals surface area contributed by atoms with Crippen LogP contribution in [-0.2, 0) is 0 Å². The average molecular weight is 651 g/mol. The van der Waals surface area contributed by atoms with E-state index in [1.54, 1.807) is 0 Å². The van der Waals surface area contributed by atoms with Crippen LogP contribution in [0.3, 0.4) is 0 Å². The van der Waals surface area contributed by atoms with Gasteiger partial charge in [0.2, 0.25) is 0 Å². The summed E-state index contributed by atoms with van der Waals surface area (Å²) in [5.41, 5.74) is 8.92. The van der Waals surface area contributed by atoms with E-state index < -0.39 is 0 Å². The summed E-state index contributed by atoms with van der Waals surface area (Å²) < 4.78 is 6.29. The first-order valence-corrected chi connectivity index (χ1v) is 17.2. The fourth-order valence-electron chi connectivity index (χ4n) is 7.44. The number of fused-ring (bicyclic) bond motifs is 5. The van der Waals surface area contributed by atoms with Gasteiger partial charge >= 0.3 is 0 Å². The SMILES string of the molecule is c1ccc(-c2ccccc2-c2cc(-c3cccc(-c4cc5ccccc5o4)c3)nc(-c3c4ccccc4cc4c3ccc3ccccc34)n2)cc1. The Morgan fingerprint density at radius 1 is 0.353 bits per heavy atom. The molecule has 0 radical (unpaired) electrons. The van der Waals surface area contributed by atoms with Crippen LogP contribution in [0.2, 0.25) is 0 Å². The van der Waals surface area contributed by atoms with E-state index in [2.05, 4.69) is 164 Å². The van der Waals surface area contributed by atoms with Crippen LogP contribution in [-0.4, -0.2) is 9.97 Å². The second-order valence-corrected chi connectivity index (χ2v) is 13.0. The molecule has 0 spiro atoms. The monoisotopic (exact) mass is 650 g/mol. The van der Waals surface area contributed by atoms with E-state index in [0.717, 1.165) is 77.7 Å². The van der Waals surface area contributed by atoms with Crippen LogP contribution >= 0.6 is 0 Å². The first kappa shape index (κ1) is 29.1. The quantitative estimate of drug-likeness (QED) is 0.137. The number of rotatable bonds is 5. The molecule has 3 heteroatoms. The lowest BCUT2D eigenvalue weighted by atomic mass is 9.92. The number of para-hydroxylation sites is 1. The van der Waals surface area contributed by atoms with Crippen molar-refractivity contribution in [1.29, 1.82) is 0 Å². The van der Waals surface area contributed by atoms with Crippen molar-refractivity contribution in [3.63, 3.8) is 0 Å². The Morgan fingerprint density at radius 2 is 1.02 bits per heavy atom. The molecule has 2 aromatic heterocycles. The van der Waals surface area contributed by atoms with Gasteiger partial charge in [0, 0.05) is 27.6 Å². The normalized spacial score (nSPS) is 11.5. The van der Waals surface area contributed by atoms with Crippen LogP contribution in [0, 0.1) is 0 Å². The van der Waals surface area contributed by atoms with Gasteiger partial charge in [0.05, 0.1) is 11.4 Å². The maximum Gasteiger partial charge on any atom is 0.161 e. The van der Waals surface area contributed by atoms with E-state index in [1.165, 1.54) is 16.2 Å². The molecule has 0 amide bonds. The molecule has 0 N–H and O–H groups in total. The average Bonchev–Trinajstić information content (AvgIpc) is 3.65. The summed E-state index contributed by atoms with van der Waals surface area (Å²) in [4.78, 5) is 10.9. The Morgan fingerprint density at radius 3 is 1.88 bits per heavy atom. The highest BCUT2D eigenvalue weighted by Gasteiger charge is 2.19. The standard InChI is InChI=1S/C48H30N2O/c1-2-13-31(14-3-1)37-20-9-10-23-40(37)44-30-43(34-18-12-19-35(27-34)46-29-36-17-6-11-24-45(36)51-46)49-48(50-44)47-39-22-8-5-16-33(39)28-42-38-21-7-4-15-32(38)25-26-41(42)47/h1-30H. The predicted molar refractivity (Wildman–Crippen MR) is 212 cm³/mol. The highest BCUT2D eigenvalue weighted by atomic mass is 16.3. The predicted octanol–water partition coefficient (Wildman–Crippen LogP) is 13.0. The van der Waals surface area contributed by atoms with Gasteiger partial charge in [0.15, 0.2) is 5.82 Å². The zero-order valence-electron chi connectivity index (χ0n) is 27.6. The molecular formula is C48H30N2O. The minimum absolute atomic E-state index is 0.691. The number of aromatic nitrogens is 2. The maximum atomic E-state index is 6.29. The molecule has 0 atom stereocenters. The summed E-state index contributed by atoms with van der Waals surface area (Å²) >= 11 is 0. The van der Waals surface area contributed by atoms with Crippen LogP contribution in [0.15, 0.2) is 186 Å². The van der Waals surface area contributed by atoms with Crippen molar-refractivity contribution >= 4 is 43.3 Å². The van der Waals surface area contributed by atoms with Gasteiger partial charge in [-0.2, -0.15) is 0 Å². The molecule has 0 fully saturated rings. The van der Waals surface area contributed by atoms with Crippen molar-refractivity contribution in [2.45, 2.75) is 0 Å². The number of hydrogen-bond donors (Lipinski definition) is 0. The van der Waals surface area contributed by atoms with E-state index in [4.69, 9.17) is 14.4 Å². The van der Waals surface area contributed by atoms with Gasteiger partial charge in [-0.05, 0) is 73.8 Å². The second kappa shape index (κ2) is 11.9. The van der Waals surface area contributed by atoms with Crippen molar-refractivity contribution in [1.82, 2.24) is 9.97 Å². The molecule has 0 saturated carbocycles. The third-order valence-electron chi connectivity index (χ3n) is 9.88. The van der Waals surface area contributed by atoms with Crippen molar-refractivity contribution in [2.24, 2.45) is 0 Å². The first-order chi connectivity index (χ1) is 25.3. The largest absolute Gasteiger partial charge is 0.456 e. The molecule has 3 nitrogen and oxygen atoms in total. The topological polar surface area (TPSA) is 38.9 Å². The number of furan rings is 1. The highest BCUT2D eigenvalue weighted by Crippen LogP contribution is 2.41. The minimum atomic E-state index is 0.691. The van der Waals surface area contributed by atoms with Crippen LogP contribution in [0.4, 0.5) is 0 Å². The van der Waals surface area contributed by atoms with Gasteiger partial charge in [0.1, 0.15) is 11.3 Å². The molecule has 10 rings (SSSR count). The highest BCUT2D eigenvalue weighted by molar-refractivity contribution is 6.19. The summed E-state index contributed by atoms with van der Waals surface area (Å²) in [7, 11) is 0. The van der Waals surface area contributed by atoms with Crippen molar-refractivity contribution in [2.75, 3.05) is 0 Å². The van der Waals surface area contributed by atoms with Crippen LogP contribution < -0.4 is 0 Å². The summed E-state index contributed by atoms with van der Waals surface area (Å²) in [5.74, 6) is 1.52. The Hall–Kier alpha value is -6.84. The molecule has 0 bridgehead atoms. The van der Waals surface area contributed by atoms with Gasteiger partial charge in [-0.25, -0.2) is 9.97 Å². The van der Waals surface area contributed by atoms with Gasteiger partial charge in [-0.15, -0.1) is 0 Å².